The number of hydrogen-bond acceptors (Lipinski definition) is 5. The van der Waals surface area contributed by atoms with Crippen LogP contribution in [0, 0.1) is 5.92 Å². The van der Waals surface area contributed by atoms with Gasteiger partial charge in [-0.3, -0.25) is 9.59 Å². The lowest BCUT2D eigenvalue weighted by Gasteiger charge is -2.25. The zero-order chi connectivity index (χ0) is 20.4. The van der Waals surface area contributed by atoms with Gasteiger partial charge < -0.3 is 19.5 Å². The Labute approximate surface area is 165 Å². The van der Waals surface area contributed by atoms with Gasteiger partial charge in [-0.25, -0.2) is 0 Å². The highest BCUT2D eigenvalue weighted by Crippen LogP contribution is 2.16. The Morgan fingerprint density at radius 3 is 2.36 bits per heavy atom. The normalized spacial score (nSPS) is 11.5. The summed E-state index contributed by atoms with van der Waals surface area (Å²) >= 11 is 0. The molecule has 0 heterocycles. The first-order valence-electron chi connectivity index (χ1n) is 9.30. The zero-order valence-electron chi connectivity index (χ0n) is 16.3. The predicted octanol–water partition coefficient (Wildman–Crippen LogP) is 2.90. The summed E-state index contributed by atoms with van der Waals surface area (Å²) in [5.41, 5.74) is 1.57. The molecular formula is C22H27NO5. The first-order valence-corrected chi connectivity index (χ1v) is 9.30. The Kier molecular flexibility index (Phi) is 8.49. The van der Waals surface area contributed by atoms with Crippen LogP contribution >= 0.6 is 0 Å². The summed E-state index contributed by atoms with van der Waals surface area (Å²) in [4.78, 5) is 26.1. The van der Waals surface area contributed by atoms with Crippen molar-refractivity contribution in [3.63, 3.8) is 0 Å². The van der Waals surface area contributed by atoms with Gasteiger partial charge in [0, 0.05) is 25.3 Å². The van der Waals surface area contributed by atoms with E-state index in [4.69, 9.17) is 14.6 Å². The lowest BCUT2D eigenvalue weighted by Crippen LogP contribution is -2.38. The molecule has 0 spiro atoms. The summed E-state index contributed by atoms with van der Waals surface area (Å²) in [5, 5.41) is 9.10. The summed E-state index contributed by atoms with van der Waals surface area (Å²) in [6, 6.07) is 16.8. The lowest BCUT2D eigenvalue weighted by molar-refractivity contribution is -0.145. The quantitative estimate of drug-likeness (QED) is 0.637. The van der Waals surface area contributed by atoms with E-state index < -0.39 is 5.92 Å². The van der Waals surface area contributed by atoms with Crippen LogP contribution < -0.4 is 4.74 Å². The third-order valence-corrected chi connectivity index (χ3v) is 4.32. The number of rotatable bonds is 10. The van der Waals surface area contributed by atoms with Gasteiger partial charge in [0.2, 0.25) is 0 Å². The van der Waals surface area contributed by atoms with Gasteiger partial charge in [-0.2, -0.15) is 0 Å². The minimum absolute atomic E-state index is 0.0251. The van der Waals surface area contributed by atoms with Crippen molar-refractivity contribution in [3.8, 4) is 5.75 Å². The van der Waals surface area contributed by atoms with Crippen molar-refractivity contribution in [1.82, 2.24) is 4.90 Å². The van der Waals surface area contributed by atoms with Crippen LogP contribution in [0.5, 0.6) is 5.75 Å². The fraction of sp³-hybridized carbons (Fsp3) is 0.364. The van der Waals surface area contributed by atoms with Gasteiger partial charge in [-0.05, 0) is 36.2 Å². The minimum atomic E-state index is -0.443. The summed E-state index contributed by atoms with van der Waals surface area (Å²) in [7, 11) is 1.33. The summed E-state index contributed by atoms with van der Waals surface area (Å²) < 4.78 is 10.5. The van der Waals surface area contributed by atoms with Gasteiger partial charge in [0.1, 0.15) is 12.4 Å². The summed E-state index contributed by atoms with van der Waals surface area (Å²) in [6.07, 6.45) is 0.442. The molecular weight excluding hydrogens is 358 g/mol. The van der Waals surface area contributed by atoms with Crippen molar-refractivity contribution in [3.05, 3.63) is 65.7 Å². The van der Waals surface area contributed by atoms with E-state index >= 15 is 0 Å². The van der Waals surface area contributed by atoms with E-state index in [1.54, 1.807) is 36.1 Å². The maximum Gasteiger partial charge on any atom is 0.310 e. The van der Waals surface area contributed by atoms with E-state index in [1.165, 1.54) is 7.11 Å². The average molecular weight is 385 g/mol. The Morgan fingerprint density at radius 2 is 1.75 bits per heavy atom. The van der Waals surface area contributed by atoms with E-state index in [1.807, 2.05) is 30.3 Å². The number of hydrogen-bond donors (Lipinski definition) is 1. The van der Waals surface area contributed by atoms with E-state index in [9.17, 15) is 9.59 Å². The van der Waals surface area contributed by atoms with Crippen molar-refractivity contribution in [2.24, 2.45) is 5.92 Å². The van der Waals surface area contributed by atoms with Crippen LogP contribution in [0.1, 0.15) is 29.3 Å². The standard InChI is InChI=1S/C22H27NO5/c1-17(22(26)27-2)15-23(13-6-14-24)21(25)19-9-11-20(12-10-19)28-16-18-7-4-3-5-8-18/h3-5,7-12,17,24H,6,13-16H2,1-2H3. The number of aliphatic hydroxyl groups excluding tert-OH is 1. The first-order chi connectivity index (χ1) is 13.5. The van der Waals surface area contributed by atoms with Gasteiger partial charge in [-0.1, -0.05) is 37.3 Å². The number of methoxy groups -OCH3 is 1. The smallest absolute Gasteiger partial charge is 0.310 e. The van der Waals surface area contributed by atoms with E-state index in [0.29, 0.717) is 30.9 Å². The molecule has 28 heavy (non-hydrogen) atoms. The van der Waals surface area contributed by atoms with Crippen LogP contribution in [0.2, 0.25) is 0 Å². The average Bonchev–Trinajstić information content (AvgIpc) is 2.75. The summed E-state index contributed by atoms with van der Waals surface area (Å²) in [5.74, 6) is -0.336. The van der Waals surface area contributed by atoms with Gasteiger partial charge in [-0.15, -0.1) is 0 Å². The van der Waals surface area contributed by atoms with Crippen molar-refractivity contribution >= 4 is 11.9 Å². The van der Waals surface area contributed by atoms with Crippen molar-refractivity contribution in [1.29, 1.82) is 0 Å². The van der Waals surface area contributed by atoms with Gasteiger partial charge in [0.05, 0.1) is 13.0 Å². The molecule has 6 nitrogen and oxygen atoms in total. The van der Waals surface area contributed by atoms with Crippen molar-refractivity contribution < 1.29 is 24.2 Å². The molecule has 0 aliphatic heterocycles. The third kappa shape index (κ3) is 6.39. The molecule has 1 atom stereocenters. The maximum absolute atomic E-state index is 12.8. The number of carbonyl (C=O) groups is 2. The van der Waals surface area contributed by atoms with Gasteiger partial charge >= 0.3 is 5.97 Å². The Morgan fingerprint density at radius 1 is 1.07 bits per heavy atom. The number of carbonyl (C=O) groups excluding carboxylic acids is 2. The van der Waals surface area contributed by atoms with Crippen LogP contribution in [-0.4, -0.2) is 48.7 Å². The molecule has 1 N–H and O–H groups in total. The van der Waals surface area contributed by atoms with Crippen molar-refractivity contribution in [2.75, 3.05) is 26.8 Å². The molecule has 0 bridgehead atoms. The minimum Gasteiger partial charge on any atom is -0.489 e. The SMILES string of the molecule is COC(=O)C(C)CN(CCCO)C(=O)c1ccc(OCc2ccccc2)cc1. The number of benzene rings is 2. The van der Waals surface area contributed by atoms with Crippen LogP contribution in [-0.2, 0) is 16.1 Å². The lowest BCUT2D eigenvalue weighted by atomic mass is 10.1. The zero-order valence-corrected chi connectivity index (χ0v) is 16.3. The van der Waals surface area contributed by atoms with Crippen LogP contribution in [0.25, 0.3) is 0 Å². The Bertz CT molecular complexity index is 745. The maximum atomic E-state index is 12.8. The van der Waals surface area contributed by atoms with Crippen LogP contribution in [0.3, 0.4) is 0 Å². The molecule has 0 aliphatic rings. The van der Waals surface area contributed by atoms with E-state index in [-0.39, 0.29) is 25.0 Å². The molecule has 1 amide bonds. The predicted molar refractivity (Wildman–Crippen MR) is 106 cm³/mol. The molecule has 0 aromatic heterocycles. The first kappa shape index (κ1) is 21.4. The molecule has 0 saturated heterocycles. The number of nitrogens with zero attached hydrogens (tertiary/aromatic N) is 1. The summed E-state index contributed by atoms with van der Waals surface area (Å²) in [6.45, 7) is 2.74. The molecule has 150 valence electrons. The van der Waals surface area contributed by atoms with Gasteiger partial charge in [0.15, 0.2) is 0 Å². The monoisotopic (exact) mass is 385 g/mol. The molecule has 6 heteroatoms. The van der Waals surface area contributed by atoms with Crippen molar-refractivity contribution in [2.45, 2.75) is 20.0 Å². The Balaban J connectivity index is 2.01. The van der Waals surface area contributed by atoms with E-state index in [0.717, 1.165) is 5.56 Å². The molecule has 0 aliphatic carbocycles. The number of amides is 1. The fourth-order valence-electron chi connectivity index (χ4n) is 2.76. The largest absolute Gasteiger partial charge is 0.489 e. The van der Waals surface area contributed by atoms with Crippen LogP contribution in [0.4, 0.5) is 0 Å². The van der Waals surface area contributed by atoms with Gasteiger partial charge in [0.25, 0.3) is 5.91 Å². The molecule has 1 unspecified atom stereocenters. The Hall–Kier alpha value is -2.86. The second-order valence-corrected chi connectivity index (χ2v) is 6.55. The number of ether oxygens (including phenoxy) is 2. The molecule has 0 radical (unpaired) electrons. The second kappa shape index (κ2) is 11.1. The third-order valence-electron chi connectivity index (χ3n) is 4.32. The van der Waals surface area contributed by atoms with Crippen LogP contribution in [0.15, 0.2) is 54.6 Å². The number of esters is 1. The fourth-order valence-corrected chi connectivity index (χ4v) is 2.76. The second-order valence-electron chi connectivity index (χ2n) is 6.55. The topological polar surface area (TPSA) is 76.1 Å². The highest BCUT2D eigenvalue weighted by atomic mass is 16.5. The van der Waals surface area contributed by atoms with E-state index in [2.05, 4.69) is 0 Å². The molecule has 2 rings (SSSR count). The molecule has 0 saturated carbocycles. The highest BCUT2D eigenvalue weighted by Gasteiger charge is 2.22. The number of aliphatic hydroxyl groups is 1. The highest BCUT2D eigenvalue weighted by molar-refractivity contribution is 5.94. The molecule has 2 aromatic rings. The molecule has 0 fully saturated rings. The molecule has 2 aromatic carbocycles.